The minimum atomic E-state index is -0.542. The second kappa shape index (κ2) is 4.12. The summed E-state index contributed by atoms with van der Waals surface area (Å²) >= 11 is 8.66. The smallest absolute Gasteiger partial charge is 0.236 e. The molecule has 0 aromatic carbocycles. The monoisotopic (exact) mass is 239 g/mol. The fraction of sp³-hybridized carbons (Fsp3) is 0.571. The third-order valence-electron chi connectivity index (χ3n) is 0.981. The summed E-state index contributed by atoms with van der Waals surface area (Å²) in [5.41, 5.74) is 0. The normalized spacial score (nSPS) is 10.9. The van der Waals surface area contributed by atoms with Gasteiger partial charge in [-0.05, 0) is 13.8 Å². The molecule has 0 radical (unpaired) electrons. The summed E-state index contributed by atoms with van der Waals surface area (Å²) in [6, 6.07) is 0. The van der Waals surface area contributed by atoms with Gasteiger partial charge in [-0.1, -0.05) is 34.1 Å². The highest BCUT2D eigenvalue weighted by atomic mass is 79.9. The largest absolute Gasteiger partial charge is 0.350 e. The molecular formula is C7H11BrClNO. The molecule has 64 valence electrons. The van der Waals surface area contributed by atoms with Crippen LogP contribution in [0.25, 0.3) is 0 Å². The van der Waals surface area contributed by atoms with Crippen LogP contribution in [-0.4, -0.2) is 16.8 Å². The van der Waals surface area contributed by atoms with Crippen LogP contribution < -0.4 is 5.32 Å². The first-order valence-corrected chi connectivity index (χ1v) is 4.31. The molecule has 0 aromatic rings. The molecule has 2 nitrogen and oxygen atoms in total. The van der Waals surface area contributed by atoms with E-state index in [1.165, 1.54) is 0 Å². The van der Waals surface area contributed by atoms with Gasteiger partial charge in [-0.15, -0.1) is 0 Å². The summed E-state index contributed by atoms with van der Waals surface area (Å²) in [5.74, 6) is -0.0979. The fourth-order valence-corrected chi connectivity index (χ4v) is 0.593. The Morgan fingerprint density at radius 3 is 2.45 bits per heavy atom. The molecule has 4 heteroatoms. The number of carbonyl (C=O) groups is 1. The van der Waals surface area contributed by atoms with E-state index in [-0.39, 0.29) is 5.91 Å². The zero-order valence-corrected chi connectivity index (χ0v) is 8.92. The van der Waals surface area contributed by atoms with Crippen LogP contribution in [0.5, 0.6) is 0 Å². The van der Waals surface area contributed by atoms with Crippen LogP contribution in [-0.2, 0) is 4.79 Å². The van der Waals surface area contributed by atoms with Crippen LogP contribution in [0.4, 0.5) is 0 Å². The number of hydrogen-bond donors (Lipinski definition) is 1. The summed E-state index contributed by atoms with van der Waals surface area (Å²) < 4.78 is -0.542. The quantitative estimate of drug-likeness (QED) is 0.752. The van der Waals surface area contributed by atoms with Crippen molar-refractivity contribution in [3.8, 4) is 0 Å². The van der Waals surface area contributed by atoms with E-state index in [0.717, 1.165) is 0 Å². The zero-order chi connectivity index (χ0) is 9.07. The molecule has 0 fully saturated rings. The van der Waals surface area contributed by atoms with Crippen LogP contribution >= 0.6 is 27.5 Å². The van der Waals surface area contributed by atoms with E-state index in [2.05, 4.69) is 27.8 Å². The predicted octanol–water partition coefficient (Wildman–Crippen LogP) is 2.03. The Hall–Kier alpha value is -0.0200. The lowest BCUT2D eigenvalue weighted by atomic mass is 10.2. The van der Waals surface area contributed by atoms with E-state index in [0.29, 0.717) is 11.6 Å². The molecule has 0 unspecified atom stereocenters. The van der Waals surface area contributed by atoms with Crippen LogP contribution in [0.1, 0.15) is 13.8 Å². The summed E-state index contributed by atoms with van der Waals surface area (Å²) in [5, 5.41) is 3.03. The summed E-state index contributed by atoms with van der Waals surface area (Å²) in [4.78, 5) is 11.1. The number of carbonyl (C=O) groups excluding carboxylic acids is 1. The van der Waals surface area contributed by atoms with Crippen molar-refractivity contribution in [2.45, 2.75) is 18.2 Å². The molecule has 1 N–H and O–H groups in total. The van der Waals surface area contributed by atoms with Crippen LogP contribution in [0.15, 0.2) is 11.6 Å². The second-order valence-electron chi connectivity index (χ2n) is 2.67. The molecule has 0 aromatic heterocycles. The van der Waals surface area contributed by atoms with Crippen molar-refractivity contribution in [2.75, 3.05) is 6.54 Å². The van der Waals surface area contributed by atoms with E-state index >= 15 is 0 Å². The van der Waals surface area contributed by atoms with E-state index in [1.807, 2.05) is 0 Å². The van der Waals surface area contributed by atoms with Gasteiger partial charge in [0.1, 0.15) is 0 Å². The van der Waals surface area contributed by atoms with E-state index in [4.69, 9.17) is 11.6 Å². The Morgan fingerprint density at radius 1 is 1.73 bits per heavy atom. The molecule has 0 heterocycles. The molecule has 0 bridgehead atoms. The maximum atomic E-state index is 11.1. The van der Waals surface area contributed by atoms with Crippen LogP contribution in [0.2, 0.25) is 0 Å². The molecule has 0 saturated carbocycles. The number of alkyl halides is 1. The molecule has 0 aliphatic carbocycles. The Bertz CT molecular complexity index is 174. The fourth-order valence-electron chi connectivity index (χ4n) is 0.386. The molecule has 0 atom stereocenters. The van der Waals surface area contributed by atoms with Gasteiger partial charge in [0.05, 0.1) is 10.9 Å². The molecule has 11 heavy (non-hydrogen) atoms. The van der Waals surface area contributed by atoms with Crippen molar-refractivity contribution in [3.05, 3.63) is 11.6 Å². The Morgan fingerprint density at radius 2 is 2.18 bits per heavy atom. The average molecular weight is 241 g/mol. The maximum absolute atomic E-state index is 11.1. The van der Waals surface area contributed by atoms with Crippen molar-refractivity contribution in [1.82, 2.24) is 5.32 Å². The van der Waals surface area contributed by atoms with Gasteiger partial charge in [0.2, 0.25) is 5.91 Å². The standard InChI is InChI=1S/C7H11BrClNO/c1-5(9)4-10-6(11)7(2,3)8/h1,4H2,2-3H3,(H,10,11). The Balaban J connectivity index is 3.80. The Labute approximate surface area is 80.1 Å². The number of hydrogen-bond acceptors (Lipinski definition) is 1. The van der Waals surface area contributed by atoms with Crippen molar-refractivity contribution in [1.29, 1.82) is 0 Å². The van der Waals surface area contributed by atoms with Crippen molar-refractivity contribution in [3.63, 3.8) is 0 Å². The summed E-state index contributed by atoms with van der Waals surface area (Å²) in [6.07, 6.45) is 0. The SMILES string of the molecule is C=C(Cl)CNC(=O)C(C)(C)Br. The van der Waals surface area contributed by atoms with Crippen molar-refractivity contribution < 1.29 is 4.79 Å². The minimum absolute atomic E-state index is 0.0979. The molecular weight excluding hydrogens is 229 g/mol. The van der Waals surface area contributed by atoms with E-state index in [9.17, 15) is 4.79 Å². The number of rotatable bonds is 3. The molecule has 0 rings (SSSR count). The van der Waals surface area contributed by atoms with Gasteiger partial charge in [0, 0.05) is 5.03 Å². The van der Waals surface area contributed by atoms with E-state index < -0.39 is 4.32 Å². The van der Waals surface area contributed by atoms with Gasteiger partial charge in [-0.2, -0.15) is 0 Å². The lowest BCUT2D eigenvalue weighted by molar-refractivity contribution is -0.122. The summed E-state index contributed by atoms with van der Waals surface area (Å²) in [7, 11) is 0. The first kappa shape index (κ1) is 11.0. The van der Waals surface area contributed by atoms with Crippen molar-refractivity contribution >= 4 is 33.4 Å². The first-order valence-electron chi connectivity index (χ1n) is 3.14. The lowest BCUT2D eigenvalue weighted by Gasteiger charge is -2.14. The van der Waals surface area contributed by atoms with Gasteiger partial charge in [-0.3, -0.25) is 4.79 Å². The highest BCUT2D eigenvalue weighted by Crippen LogP contribution is 2.15. The second-order valence-corrected chi connectivity index (χ2v) is 5.19. The molecule has 0 aliphatic rings. The van der Waals surface area contributed by atoms with Crippen molar-refractivity contribution in [2.24, 2.45) is 0 Å². The van der Waals surface area contributed by atoms with Gasteiger partial charge >= 0.3 is 0 Å². The third kappa shape index (κ3) is 5.27. The van der Waals surface area contributed by atoms with Gasteiger partial charge in [-0.25, -0.2) is 0 Å². The molecule has 0 spiro atoms. The van der Waals surface area contributed by atoms with Gasteiger partial charge in [0.25, 0.3) is 0 Å². The average Bonchev–Trinajstić information content (AvgIpc) is 1.80. The van der Waals surface area contributed by atoms with Gasteiger partial charge in [0.15, 0.2) is 0 Å². The summed E-state index contributed by atoms with van der Waals surface area (Å²) in [6.45, 7) is 7.29. The number of halogens is 2. The predicted molar refractivity (Wildman–Crippen MR) is 51.0 cm³/mol. The van der Waals surface area contributed by atoms with Crippen LogP contribution in [0.3, 0.4) is 0 Å². The van der Waals surface area contributed by atoms with E-state index in [1.54, 1.807) is 13.8 Å². The van der Waals surface area contributed by atoms with Gasteiger partial charge < -0.3 is 5.32 Å². The number of amides is 1. The highest BCUT2D eigenvalue weighted by Gasteiger charge is 2.22. The van der Waals surface area contributed by atoms with Crippen LogP contribution in [0, 0.1) is 0 Å². The first-order chi connectivity index (χ1) is 4.84. The molecule has 0 saturated heterocycles. The minimum Gasteiger partial charge on any atom is -0.350 e. The third-order valence-corrected chi connectivity index (χ3v) is 1.47. The molecule has 0 aliphatic heterocycles. The highest BCUT2D eigenvalue weighted by molar-refractivity contribution is 9.10. The molecule has 1 amide bonds. The Kier molecular flexibility index (Phi) is 4.11. The maximum Gasteiger partial charge on any atom is 0.236 e. The number of nitrogens with one attached hydrogen (secondary N) is 1. The lowest BCUT2D eigenvalue weighted by Crippen LogP contribution is -2.37. The topological polar surface area (TPSA) is 29.1 Å². The zero-order valence-electron chi connectivity index (χ0n) is 6.58.